The van der Waals surface area contributed by atoms with Crippen molar-refractivity contribution in [2.75, 3.05) is 33.7 Å². The molecule has 0 amide bonds. The van der Waals surface area contributed by atoms with Crippen LogP contribution in [0.1, 0.15) is 12.8 Å². The van der Waals surface area contributed by atoms with E-state index in [2.05, 4.69) is 21.9 Å². The molecule has 0 unspecified atom stereocenters. The molecule has 2 rings (SSSR count). The molecule has 1 aliphatic rings. The lowest BCUT2D eigenvalue weighted by Gasteiger charge is -2.31. The van der Waals surface area contributed by atoms with Gasteiger partial charge in [-0.1, -0.05) is 0 Å². The number of likely N-dealkylation sites (tertiary alicyclic amines) is 1. The van der Waals surface area contributed by atoms with E-state index in [1.165, 1.54) is 16.8 Å². The van der Waals surface area contributed by atoms with Crippen LogP contribution in [0.25, 0.3) is 0 Å². The van der Waals surface area contributed by atoms with Gasteiger partial charge in [-0.15, -0.1) is 0 Å². The number of piperidine rings is 1. The molecule has 18 heavy (non-hydrogen) atoms. The average molecular weight is 272 g/mol. The maximum absolute atomic E-state index is 12.2. The summed E-state index contributed by atoms with van der Waals surface area (Å²) >= 11 is 0. The molecular weight excluding hydrogens is 252 g/mol. The number of aromatic nitrogens is 2. The first kappa shape index (κ1) is 13.5. The van der Waals surface area contributed by atoms with Crippen molar-refractivity contribution in [3.05, 3.63) is 12.5 Å². The summed E-state index contributed by atoms with van der Waals surface area (Å²) in [5, 5.41) is 0.165. The Balaban J connectivity index is 1.98. The Morgan fingerprint density at radius 3 is 2.72 bits per heavy atom. The van der Waals surface area contributed by atoms with Crippen molar-refractivity contribution >= 4 is 10.0 Å². The highest BCUT2D eigenvalue weighted by Gasteiger charge is 2.26. The molecule has 6 nitrogen and oxygen atoms in total. The van der Waals surface area contributed by atoms with Gasteiger partial charge in [-0.2, -0.15) is 4.31 Å². The highest BCUT2D eigenvalue weighted by Crippen LogP contribution is 2.19. The summed E-state index contributed by atoms with van der Waals surface area (Å²) in [6.07, 6.45) is 4.84. The number of nitrogens with one attached hydrogen (secondary N) is 1. The van der Waals surface area contributed by atoms with Crippen molar-refractivity contribution in [1.29, 1.82) is 0 Å². The van der Waals surface area contributed by atoms with Crippen LogP contribution in [0.15, 0.2) is 17.6 Å². The van der Waals surface area contributed by atoms with Crippen LogP contribution in [0.2, 0.25) is 0 Å². The van der Waals surface area contributed by atoms with Crippen molar-refractivity contribution in [1.82, 2.24) is 19.2 Å². The highest BCUT2D eigenvalue weighted by molar-refractivity contribution is 7.89. The minimum atomic E-state index is -3.41. The molecule has 0 atom stereocenters. The van der Waals surface area contributed by atoms with E-state index in [4.69, 9.17) is 0 Å². The summed E-state index contributed by atoms with van der Waals surface area (Å²) in [4.78, 5) is 8.69. The predicted octanol–water partition coefficient (Wildman–Crippen LogP) is 0.372. The molecule has 2 heterocycles. The van der Waals surface area contributed by atoms with Crippen LogP contribution >= 0.6 is 0 Å². The molecule has 1 aromatic heterocycles. The second-order valence-corrected chi connectivity index (χ2v) is 6.96. The molecule has 0 aromatic carbocycles. The van der Waals surface area contributed by atoms with E-state index in [1.807, 2.05) is 0 Å². The van der Waals surface area contributed by atoms with E-state index in [9.17, 15) is 8.42 Å². The third kappa shape index (κ3) is 2.90. The van der Waals surface area contributed by atoms with Crippen molar-refractivity contribution in [3.63, 3.8) is 0 Å². The van der Waals surface area contributed by atoms with Gasteiger partial charge in [-0.25, -0.2) is 13.4 Å². The van der Waals surface area contributed by atoms with E-state index in [-0.39, 0.29) is 5.03 Å². The Morgan fingerprint density at radius 2 is 2.17 bits per heavy atom. The molecular formula is C11H20N4O2S. The van der Waals surface area contributed by atoms with Gasteiger partial charge in [-0.3, -0.25) is 0 Å². The lowest BCUT2D eigenvalue weighted by atomic mass is 9.97. The lowest BCUT2D eigenvalue weighted by Crippen LogP contribution is -2.38. The number of rotatable bonds is 4. The topological polar surface area (TPSA) is 69.3 Å². The monoisotopic (exact) mass is 272 g/mol. The molecule has 1 aromatic rings. The third-order valence-electron chi connectivity index (χ3n) is 3.51. The molecule has 7 heteroatoms. The zero-order valence-corrected chi connectivity index (χ0v) is 11.7. The molecule has 102 valence electrons. The van der Waals surface area contributed by atoms with E-state index >= 15 is 0 Å². The molecule has 0 saturated carbocycles. The van der Waals surface area contributed by atoms with Crippen LogP contribution in [-0.2, 0) is 10.0 Å². The number of sulfonamides is 1. The van der Waals surface area contributed by atoms with Gasteiger partial charge in [0.25, 0.3) is 10.0 Å². The number of H-pyrrole nitrogens is 1. The molecule has 1 N–H and O–H groups in total. The minimum Gasteiger partial charge on any atom is -0.335 e. The summed E-state index contributed by atoms with van der Waals surface area (Å²) in [6.45, 7) is 2.67. The lowest BCUT2D eigenvalue weighted by molar-refractivity contribution is 0.202. The maximum atomic E-state index is 12.2. The zero-order valence-electron chi connectivity index (χ0n) is 10.8. The van der Waals surface area contributed by atoms with Gasteiger partial charge < -0.3 is 9.88 Å². The standard InChI is InChI=1S/C11H20N4O2S/c1-14-5-3-10(4-6-14)8-15(2)18(16,17)11-7-12-9-13-11/h7,9-10H,3-6,8H2,1-2H3,(H,12,13). The second-order valence-electron chi connectivity index (χ2n) is 4.95. The van der Waals surface area contributed by atoms with Gasteiger partial charge in [0, 0.05) is 13.6 Å². The van der Waals surface area contributed by atoms with Crippen LogP contribution in [-0.4, -0.2) is 61.3 Å². The fourth-order valence-electron chi connectivity index (χ4n) is 2.26. The Morgan fingerprint density at radius 1 is 1.50 bits per heavy atom. The normalized spacial score (nSPS) is 19.5. The van der Waals surface area contributed by atoms with Crippen molar-refractivity contribution in [2.45, 2.75) is 17.9 Å². The number of nitrogens with zero attached hydrogens (tertiary/aromatic N) is 3. The summed E-state index contributed by atoms with van der Waals surface area (Å²) < 4.78 is 25.8. The van der Waals surface area contributed by atoms with Crippen molar-refractivity contribution < 1.29 is 8.42 Å². The Kier molecular flexibility index (Phi) is 4.04. The smallest absolute Gasteiger partial charge is 0.259 e. The molecule has 0 bridgehead atoms. The van der Waals surface area contributed by atoms with Gasteiger partial charge in [0.15, 0.2) is 5.03 Å². The molecule has 1 fully saturated rings. The van der Waals surface area contributed by atoms with E-state index in [0.717, 1.165) is 25.9 Å². The SMILES string of the molecule is CN1CCC(CN(C)S(=O)(=O)c2cnc[nH]2)CC1. The number of aromatic amines is 1. The van der Waals surface area contributed by atoms with Crippen LogP contribution in [0.4, 0.5) is 0 Å². The highest BCUT2D eigenvalue weighted by atomic mass is 32.2. The number of imidazole rings is 1. The fraction of sp³-hybridized carbons (Fsp3) is 0.727. The van der Waals surface area contributed by atoms with Gasteiger partial charge >= 0.3 is 0 Å². The predicted molar refractivity (Wildman–Crippen MR) is 68.6 cm³/mol. The summed E-state index contributed by atoms with van der Waals surface area (Å²) in [7, 11) is 0.325. The molecule has 0 aliphatic carbocycles. The summed E-state index contributed by atoms with van der Waals surface area (Å²) in [6, 6.07) is 0. The maximum Gasteiger partial charge on any atom is 0.259 e. The van der Waals surface area contributed by atoms with E-state index in [0.29, 0.717) is 12.5 Å². The Hall–Kier alpha value is -0.920. The van der Waals surface area contributed by atoms with E-state index in [1.54, 1.807) is 7.05 Å². The molecule has 1 aliphatic heterocycles. The summed E-state index contributed by atoms with van der Waals surface area (Å²) in [5.74, 6) is 0.448. The molecule has 0 radical (unpaired) electrons. The van der Waals surface area contributed by atoms with Gasteiger partial charge in [0.05, 0.1) is 12.5 Å². The number of hydrogen-bond donors (Lipinski definition) is 1. The van der Waals surface area contributed by atoms with Crippen molar-refractivity contribution in [3.8, 4) is 0 Å². The molecule has 1 saturated heterocycles. The third-order valence-corrected chi connectivity index (χ3v) is 5.26. The zero-order chi connectivity index (χ0) is 13.2. The molecule has 0 spiro atoms. The first-order chi connectivity index (χ1) is 8.50. The van der Waals surface area contributed by atoms with Crippen LogP contribution in [0.5, 0.6) is 0 Å². The summed E-state index contributed by atoms with van der Waals surface area (Å²) in [5.41, 5.74) is 0. The minimum absolute atomic E-state index is 0.165. The largest absolute Gasteiger partial charge is 0.335 e. The van der Waals surface area contributed by atoms with Crippen LogP contribution in [0, 0.1) is 5.92 Å². The van der Waals surface area contributed by atoms with E-state index < -0.39 is 10.0 Å². The first-order valence-corrected chi connectivity index (χ1v) is 7.57. The van der Waals surface area contributed by atoms with Gasteiger partial charge in [0.2, 0.25) is 0 Å². The van der Waals surface area contributed by atoms with Crippen molar-refractivity contribution in [2.24, 2.45) is 5.92 Å². The van der Waals surface area contributed by atoms with Crippen LogP contribution < -0.4 is 0 Å². The first-order valence-electron chi connectivity index (χ1n) is 6.13. The Bertz CT molecular complexity index is 463. The quantitative estimate of drug-likeness (QED) is 0.860. The Labute approximate surface area is 108 Å². The second kappa shape index (κ2) is 5.38. The van der Waals surface area contributed by atoms with Gasteiger partial charge in [0.1, 0.15) is 0 Å². The van der Waals surface area contributed by atoms with Gasteiger partial charge in [-0.05, 0) is 38.9 Å². The van der Waals surface area contributed by atoms with Crippen LogP contribution in [0.3, 0.4) is 0 Å². The average Bonchev–Trinajstić information content (AvgIpc) is 2.86. The number of hydrogen-bond acceptors (Lipinski definition) is 4. The fourth-order valence-corrected chi connectivity index (χ4v) is 3.40.